The van der Waals surface area contributed by atoms with E-state index in [0.717, 1.165) is 47.7 Å². The molecule has 0 unspecified atom stereocenters. The van der Waals surface area contributed by atoms with E-state index in [-0.39, 0.29) is 5.91 Å². The number of ether oxygens (including phenoxy) is 1. The summed E-state index contributed by atoms with van der Waals surface area (Å²) >= 11 is 0. The Kier molecular flexibility index (Phi) is 6.40. The minimum absolute atomic E-state index is 0.0217. The lowest BCUT2D eigenvalue weighted by molar-refractivity contribution is 0.0943. The maximum atomic E-state index is 13.1. The third-order valence-electron chi connectivity index (χ3n) is 6.49. The van der Waals surface area contributed by atoms with Crippen molar-refractivity contribution in [3.63, 3.8) is 0 Å². The van der Waals surface area contributed by atoms with Crippen LogP contribution in [0.4, 0.5) is 0 Å². The van der Waals surface area contributed by atoms with Crippen LogP contribution in [0.3, 0.4) is 0 Å². The monoisotopic (exact) mass is 417 g/mol. The van der Waals surface area contributed by atoms with E-state index in [9.17, 15) is 4.79 Å². The molecule has 0 atom stereocenters. The maximum Gasteiger partial charge on any atom is 0.253 e. The number of nitrogens with one attached hydrogen (secondary N) is 2. The molecule has 1 fully saturated rings. The van der Waals surface area contributed by atoms with Gasteiger partial charge in [0, 0.05) is 41.5 Å². The summed E-state index contributed by atoms with van der Waals surface area (Å²) in [4.78, 5) is 20.6. The smallest absolute Gasteiger partial charge is 0.253 e. The maximum absolute atomic E-state index is 13.1. The lowest BCUT2D eigenvalue weighted by Gasteiger charge is -2.29. The molecule has 3 aromatic rings. The number of rotatable bonds is 6. The molecule has 0 radical (unpaired) electrons. The molecule has 1 amide bonds. The molecule has 1 aromatic carbocycles. The van der Waals surface area contributed by atoms with Crippen molar-refractivity contribution < 1.29 is 9.53 Å². The molecule has 5 nitrogen and oxygen atoms in total. The highest BCUT2D eigenvalue weighted by Gasteiger charge is 2.24. The Hall–Kier alpha value is -3.08. The Bertz CT molecular complexity index is 1050. The summed E-state index contributed by atoms with van der Waals surface area (Å²) in [5, 5.41) is 3.20. The van der Waals surface area contributed by atoms with Crippen molar-refractivity contribution in [2.75, 3.05) is 13.7 Å². The van der Waals surface area contributed by atoms with Crippen LogP contribution < -0.4 is 10.1 Å². The number of amides is 1. The SMILES string of the molecule is COc1ccccc1-c1c[nH]c(C)c1C(=O)NCC1CCC(c2ccnc(C)c2)CC1. The van der Waals surface area contributed by atoms with Gasteiger partial charge in [0.2, 0.25) is 0 Å². The second-order valence-corrected chi connectivity index (χ2v) is 8.56. The van der Waals surface area contributed by atoms with Gasteiger partial charge in [-0.1, -0.05) is 18.2 Å². The number of aromatic nitrogens is 2. The number of aromatic amines is 1. The third kappa shape index (κ3) is 4.66. The van der Waals surface area contributed by atoms with E-state index in [0.29, 0.717) is 17.4 Å². The van der Waals surface area contributed by atoms with E-state index in [2.05, 4.69) is 27.4 Å². The van der Waals surface area contributed by atoms with E-state index < -0.39 is 0 Å². The fourth-order valence-corrected chi connectivity index (χ4v) is 4.75. The van der Waals surface area contributed by atoms with Crippen LogP contribution in [0.25, 0.3) is 11.1 Å². The molecule has 0 aliphatic heterocycles. The van der Waals surface area contributed by atoms with Crippen molar-refractivity contribution in [3.8, 4) is 16.9 Å². The summed E-state index contributed by atoms with van der Waals surface area (Å²) in [5.74, 6) is 1.88. The van der Waals surface area contributed by atoms with Gasteiger partial charge in [0.15, 0.2) is 0 Å². The van der Waals surface area contributed by atoms with Crippen LogP contribution in [0, 0.1) is 19.8 Å². The summed E-state index contributed by atoms with van der Waals surface area (Å²) in [7, 11) is 1.65. The molecular weight excluding hydrogens is 386 g/mol. The molecule has 0 spiro atoms. The number of aryl methyl sites for hydroxylation is 2. The molecule has 2 heterocycles. The third-order valence-corrected chi connectivity index (χ3v) is 6.49. The Morgan fingerprint density at radius 2 is 1.90 bits per heavy atom. The fourth-order valence-electron chi connectivity index (χ4n) is 4.75. The normalized spacial score (nSPS) is 18.5. The zero-order valence-electron chi connectivity index (χ0n) is 18.6. The number of hydrogen-bond donors (Lipinski definition) is 2. The van der Waals surface area contributed by atoms with Crippen molar-refractivity contribution in [2.45, 2.75) is 45.4 Å². The Morgan fingerprint density at radius 1 is 1.13 bits per heavy atom. The Balaban J connectivity index is 1.39. The van der Waals surface area contributed by atoms with Gasteiger partial charge in [0.1, 0.15) is 5.75 Å². The molecule has 1 aliphatic rings. The number of para-hydroxylation sites is 1. The molecule has 31 heavy (non-hydrogen) atoms. The number of nitrogens with zero attached hydrogens (tertiary/aromatic N) is 1. The first kappa shape index (κ1) is 21.2. The molecule has 1 saturated carbocycles. The molecule has 162 valence electrons. The minimum atomic E-state index is -0.0217. The number of H-pyrrole nitrogens is 1. The average molecular weight is 418 g/mol. The quantitative estimate of drug-likeness (QED) is 0.564. The van der Waals surface area contributed by atoms with E-state index in [1.807, 2.05) is 50.5 Å². The Morgan fingerprint density at radius 3 is 2.65 bits per heavy atom. The topological polar surface area (TPSA) is 67.0 Å². The van der Waals surface area contributed by atoms with Gasteiger partial charge in [-0.05, 0) is 75.1 Å². The van der Waals surface area contributed by atoms with Gasteiger partial charge in [-0.15, -0.1) is 0 Å². The number of methoxy groups -OCH3 is 1. The highest BCUT2D eigenvalue weighted by Crippen LogP contribution is 2.36. The van der Waals surface area contributed by atoms with Crippen LogP contribution in [0.1, 0.15) is 58.9 Å². The van der Waals surface area contributed by atoms with Gasteiger partial charge in [-0.25, -0.2) is 0 Å². The number of hydrogen-bond acceptors (Lipinski definition) is 3. The molecule has 4 rings (SSSR count). The lowest BCUT2D eigenvalue weighted by atomic mass is 9.79. The van der Waals surface area contributed by atoms with Gasteiger partial charge in [0.05, 0.1) is 12.7 Å². The number of carbonyl (C=O) groups is 1. The fraction of sp³-hybridized carbons (Fsp3) is 0.385. The summed E-state index contributed by atoms with van der Waals surface area (Å²) in [6.45, 7) is 4.71. The van der Waals surface area contributed by atoms with Crippen molar-refractivity contribution in [1.82, 2.24) is 15.3 Å². The lowest BCUT2D eigenvalue weighted by Crippen LogP contribution is -2.31. The first-order valence-electron chi connectivity index (χ1n) is 11.1. The van der Waals surface area contributed by atoms with Gasteiger partial charge in [-0.3, -0.25) is 9.78 Å². The van der Waals surface area contributed by atoms with Crippen molar-refractivity contribution in [1.29, 1.82) is 0 Å². The minimum Gasteiger partial charge on any atom is -0.496 e. The summed E-state index contributed by atoms with van der Waals surface area (Å²) in [5.41, 5.74) is 5.86. The van der Waals surface area contributed by atoms with Crippen LogP contribution >= 0.6 is 0 Å². The van der Waals surface area contributed by atoms with Gasteiger partial charge >= 0.3 is 0 Å². The van der Waals surface area contributed by atoms with Crippen molar-refractivity contribution >= 4 is 5.91 Å². The van der Waals surface area contributed by atoms with Gasteiger partial charge in [0.25, 0.3) is 5.91 Å². The first-order chi connectivity index (χ1) is 15.1. The zero-order chi connectivity index (χ0) is 21.8. The zero-order valence-corrected chi connectivity index (χ0v) is 18.6. The molecule has 2 N–H and O–H groups in total. The van der Waals surface area contributed by atoms with E-state index in [1.54, 1.807) is 7.11 Å². The highest BCUT2D eigenvalue weighted by molar-refractivity contribution is 6.02. The second kappa shape index (κ2) is 9.38. The second-order valence-electron chi connectivity index (χ2n) is 8.56. The molecule has 1 aliphatic carbocycles. The first-order valence-corrected chi connectivity index (χ1v) is 11.1. The largest absolute Gasteiger partial charge is 0.496 e. The van der Waals surface area contributed by atoms with E-state index >= 15 is 0 Å². The molecular formula is C26H31N3O2. The highest BCUT2D eigenvalue weighted by atomic mass is 16.5. The molecule has 2 aromatic heterocycles. The molecule has 0 saturated heterocycles. The Labute approximate surface area is 184 Å². The van der Waals surface area contributed by atoms with E-state index in [1.165, 1.54) is 18.4 Å². The number of pyridine rings is 1. The van der Waals surface area contributed by atoms with Gasteiger partial charge in [-0.2, -0.15) is 0 Å². The van der Waals surface area contributed by atoms with Crippen LogP contribution in [0.2, 0.25) is 0 Å². The predicted octanol–water partition coefficient (Wildman–Crippen LogP) is 5.41. The van der Waals surface area contributed by atoms with Crippen LogP contribution in [0.5, 0.6) is 5.75 Å². The van der Waals surface area contributed by atoms with Crippen molar-refractivity contribution in [3.05, 3.63) is 71.3 Å². The standard InChI is InChI=1S/C26H31N3O2/c1-17-14-21(12-13-27-17)20-10-8-19(9-11-20)15-29-26(30)25-18(2)28-16-23(25)22-6-4-5-7-24(22)31-3/h4-7,12-14,16,19-20,28H,8-11,15H2,1-3H3,(H,29,30). The van der Waals surface area contributed by atoms with Gasteiger partial charge < -0.3 is 15.0 Å². The van der Waals surface area contributed by atoms with Crippen LogP contribution in [0.15, 0.2) is 48.8 Å². The summed E-state index contributed by atoms with van der Waals surface area (Å²) < 4.78 is 5.50. The summed E-state index contributed by atoms with van der Waals surface area (Å²) in [6.07, 6.45) is 8.41. The number of benzene rings is 1. The molecule has 0 bridgehead atoms. The summed E-state index contributed by atoms with van der Waals surface area (Å²) in [6, 6.07) is 12.2. The van der Waals surface area contributed by atoms with Crippen LogP contribution in [-0.2, 0) is 0 Å². The molecule has 5 heteroatoms. The van der Waals surface area contributed by atoms with Crippen LogP contribution in [-0.4, -0.2) is 29.5 Å². The van der Waals surface area contributed by atoms with Crippen molar-refractivity contribution in [2.24, 2.45) is 5.92 Å². The predicted molar refractivity (Wildman–Crippen MR) is 124 cm³/mol. The average Bonchev–Trinajstić information content (AvgIpc) is 3.19. The van der Waals surface area contributed by atoms with E-state index in [4.69, 9.17) is 4.74 Å². The number of carbonyl (C=O) groups excluding carboxylic acids is 1.